The van der Waals surface area contributed by atoms with E-state index in [-0.39, 0.29) is 11.5 Å². The zero-order chi connectivity index (χ0) is 27.5. The Morgan fingerprint density at radius 3 is 2.62 bits per heavy atom. The second-order valence-corrected chi connectivity index (χ2v) is 10.5. The van der Waals surface area contributed by atoms with Crippen LogP contribution in [0, 0.1) is 0 Å². The molecule has 1 aromatic heterocycles. The van der Waals surface area contributed by atoms with Crippen LogP contribution in [0.25, 0.3) is 0 Å². The summed E-state index contributed by atoms with van der Waals surface area (Å²) in [7, 11) is 4.88. The van der Waals surface area contributed by atoms with Crippen LogP contribution in [0.15, 0.2) is 48.7 Å². The molecule has 0 radical (unpaired) electrons. The molecule has 2 aromatic rings. The molecule has 0 atom stereocenters. The fourth-order valence-electron chi connectivity index (χ4n) is 5.36. The molecule has 1 aromatic carbocycles. The van der Waals surface area contributed by atoms with Gasteiger partial charge in [0.15, 0.2) is 6.29 Å². The topological polar surface area (TPSA) is 76.6 Å². The zero-order valence-electron chi connectivity index (χ0n) is 23.7. The van der Waals surface area contributed by atoms with E-state index in [9.17, 15) is 4.79 Å². The number of carbonyl (C=O) groups excluding carboxylic acids is 1. The molecular weight excluding hydrogens is 496 g/mol. The van der Waals surface area contributed by atoms with Crippen LogP contribution in [-0.4, -0.2) is 106 Å². The van der Waals surface area contributed by atoms with E-state index in [1.807, 2.05) is 12.3 Å². The van der Waals surface area contributed by atoms with Crippen molar-refractivity contribution in [3.05, 3.63) is 59.8 Å². The third-order valence-corrected chi connectivity index (χ3v) is 7.76. The van der Waals surface area contributed by atoms with Crippen LogP contribution in [0.3, 0.4) is 0 Å². The number of likely N-dealkylation sites (N-methyl/N-ethyl adjacent to an activating group) is 1. The minimum atomic E-state index is -0.415. The summed E-state index contributed by atoms with van der Waals surface area (Å²) >= 11 is 0. The quantitative estimate of drug-likeness (QED) is 0.284. The maximum atomic E-state index is 12.3. The lowest BCUT2D eigenvalue weighted by Gasteiger charge is -2.47. The summed E-state index contributed by atoms with van der Waals surface area (Å²) in [5.41, 5.74) is 2.51. The van der Waals surface area contributed by atoms with Gasteiger partial charge in [-0.2, -0.15) is 0 Å². The van der Waals surface area contributed by atoms with Gasteiger partial charge in [0.1, 0.15) is 5.82 Å². The van der Waals surface area contributed by atoms with Gasteiger partial charge in [0.2, 0.25) is 5.91 Å². The van der Waals surface area contributed by atoms with E-state index in [1.54, 1.807) is 26.2 Å². The predicted molar refractivity (Wildman–Crippen MR) is 151 cm³/mol. The minimum absolute atomic E-state index is 0.0162. The van der Waals surface area contributed by atoms with Crippen molar-refractivity contribution in [3.8, 4) is 0 Å². The van der Waals surface area contributed by atoms with E-state index in [1.165, 1.54) is 11.1 Å². The van der Waals surface area contributed by atoms with Crippen LogP contribution in [0.1, 0.15) is 30.4 Å². The summed E-state index contributed by atoms with van der Waals surface area (Å²) in [6, 6.07) is 14.9. The van der Waals surface area contributed by atoms with Gasteiger partial charge in [-0.05, 0) is 42.5 Å². The third kappa shape index (κ3) is 8.71. The smallest absolute Gasteiger partial charge is 0.224 e. The fourth-order valence-corrected chi connectivity index (χ4v) is 5.36. The zero-order valence-corrected chi connectivity index (χ0v) is 23.7. The summed E-state index contributed by atoms with van der Waals surface area (Å²) in [4.78, 5) is 23.3. The van der Waals surface area contributed by atoms with E-state index in [0.29, 0.717) is 26.2 Å². The second-order valence-electron chi connectivity index (χ2n) is 10.5. The molecule has 0 N–H and O–H groups in total. The van der Waals surface area contributed by atoms with Gasteiger partial charge in [-0.15, -0.1) is 0 Å². The monoisotopic (exact) mass is 540 g/mol. The highest BCUT2D eigenvalue weighted by Crippen LogP contribution is 2.32. The van der Waals surface area contributed by atoms with Crippen molar-refractivity contribution in [2.24, 2.45) is 0 Å². The molecule has 2 fully saturated rings. The van der Waals surface area contributed by atoms with Crippen LogP contribution < -0.4 is 4.90 Å². The number of likely N-dealkylation sites (tertiary alicyclic amines) is 1. The summed E-state index contributed by atoms with van der Waals surface area (Å²) < 4.78 is 22.4. The van der Waals surface area contributed by atoms with Gasteiger partial charge in [-0.3, -0.25) is 9.69 Å². The molecule has 0 unspecified atom stereocenters. The second kappa shape index (κ2) is 14.7. The summed E-state index contributed by atoms with van der Waals surface area (Å²) in [6.07, 6.45) is 4.69. The molecule has 9 heteroatoms. The van der Waals surface area contributed by atoms with Gasteiger partial charge in [0, 0.05) is 60.2 Å². The highest BCUT2D eigenvalue weighted by Gasteiger charge is 2.40. The first-order valence-electron chi connectivity index (χ1n) is 14.0. The maximum absolute atomic E-state index is 12.3. The molecular formula is C30H44N4O5. The average Bonchev–Trinajstić information content (AvgIpc) is 2.97. The van der Waals surface area contributed by atoms with Crippen molar-refractivity contribution >= 4 is 11.7 Å². The first kappa shape index (κ1) is 29.4. The van der Waals surface area contributed by atoms with Crippen molar-refractivity contribution in [2.75, 3.05) is 78.7 Å². The van der Waals surface area contributed by atoms with Gasteiger partial charge in [-0.1, -0.05) is 30.3 Å². The number of anilines is 1. The molecule has 214 valence electrons. The first-order chi connectivity index (χ1) is 19.0. The molecule has 4 rings (SSSR count). The number of amides is 1. The van der Waals surface area contributed by atoms with Crippen LogP contribution in [0.2, 0.25) is 0 Å². The van der Waals surface area contributed by atoms with E-state index in [2.05, 4.69) is 51.2 Å². The van der Waals surface area contributed by atoms with E-state index < -0.39 is 6.29 Å². The highest BCUT2D eigenvalue weighted by molar-refractivity contribution is 5.75. The number of piperidine rings is 1. The number of morpholine rings is 1. The number of ether oxygens (including phenoxy) is 4. The first-order valence-corrected chi connectivity index (χ1v) is 14.0. The fraction of sp³-hybridized carbons (Fsp3) is 0.600. The molecule has 3 heterocycles. The van der Waals surface area contributed by atoms with E-state index >= 15 is 0 Å². The van der Waals surface area contributed by atoms with Gasteiger partial charge in [0.25, 0.3) is 0 Å². The van der Waals surface area contributed by atoms with Gasteiger partial charge < -0.3 is 28.7 Å². The average molecular weight is 541 g/mol. The standard InChI is InChI=1S/C30H44N4O5/c1-32(23-29(36-2)37-3)28(35)11-19-38-18-10-25-7-6-8-26(21-25)22-33-15-12-30(13-16-33)24-34(17-20-39-30)27-9-4-5-14-31-27/h4-9,14,21,29H,10-13,15-20,22-24H2,1-3H3. The van der Waals surface area contributed by atoms with Crippen molar-refractivity contribution in [1.29, 1.82) is 0 Å². The van der Waals surface area contributed by atoms with E-state index in [4.69, 9.17) is 18.9 Å². The molecule has 2 aliphatic rings. The van der Waals surface area contributed by atoms with Crippen molar-refractivity contribution in [1.82, 2.24) is 14.8 Å². The number of rotatable bonds is 13. The number of nitrogens with zero attached hydrogens (tertiary/aromatic N) is 4. The number of aromatic nitrogens is 1. The largest absolute Gasteiger partial charge is 0.381 e. The normalized spacial score (nSPS) is 17.6. The maximum Gasteiger partial charge on any atom is 0.224 e. The molecule has 9 nitrogen and oxygen atoms in total. The Kier molecular flexibility index (Phi) is 11.1. The molecule has 0 saturated carbocycles. The Labute approximate surface area is 233 Å². The SMILES string of the molecule is COC(CN(C)C(=O)CCOCCc1cccc(CN2CCC3(CC2)CN(c2ccccn2)CCO3)c1)OC. The Hall–Kier alpha value is -2.56. The third-order valence-electron chi connectivity index (χ3n) is 7.76. The number of benzene rings is 1. The highest BCUT2D eigenvalue weighted by atomic mass is 16.7. The van der Waals surface area contributed by atoms with Crippen molar-refractivity contribution in [3.63, 3.8) is 0 Å². The Morgan fingerprint density at radius 1 is 1.08 bits per heavy atom. The Morgan fingerprint density at radius 2 is 1.87 bits per heavy atom. The summed E-state index contributed by atoms with van der Waals surface area (Å²) in [6.45, 7) is 6.97. The number of hydrogen-bond acceptors (Lipinski definition) is 8. The summed E-state index contributed by atoms with van der Waals surface area (Å²) in [5, 5.41) is 0. The van der Waals surface area contributed by atoms with Crippen LogP contribution in [0.4, 0.5) is 5.82 Å². The van der Waals surface area contributed by atoms with Gasteiger partial charge >= 0.3 is 0 Å². The number of pyridine rings is 1. The summed E-state index contributed by atoms with van der Waals surface area (Å²) in [5.74, 6) is 1.06. The van der Waals surface area contributed by atoms with Crippen molar-refractivity contribution < 1.29 is 23.7 Å². The lowest BCUT2D eigenvalue weighted by molar-refractivity contribution is -0.143. The van der Waals surface area contributed by atoms with Crippen LogP contribution in [0.5, 0.6) is 0 Å². The predicted octanol–water partition coefficient (Wildman–Crippen LogP) is 2.98. The Balaban J connectivity index is 1.16. The lowest BCUT2D eigenvalue weighted by Crippen LogP contribution is -2.57. The minimum Gasteiger partial charge on any atom is -0.381 e. The molecule has 0 bridgehead atoms. The van der Waals surface area contributed by atoms with Crippen molar-refractivity contribution in [2.45, 2.75) is 44.1 Å². The van der Waals surface area contributed by atoms with Crippen LogP contribution in [-0.2, 0) is 36.7 Å². The number of methoxy groups -OCH3 is 2. The molecule has 39 heavy (non-hydrogen) atoms. The molecule has 2 aliphatic heterocycles. The Bertz CT molecular complexity index is 1010. The lowest BCUT2D eigenvalue weighted by atomic mass is 9.89. The molecule has 0 aliphatic carbocycles. The molecule has 1 spiro atoms. The van der Waals surface area contributed by atoms with E-state index in [0.717, 1.165) is 64.4 Å². The molecule has 1 amide bonds. The number of hydrogen-bond donors (Lipinski definition) is 0. The number of carbonyl (C=O) groups is 1. The van der Waals surface area contributed by atoms with Gasteiger partial charge in [0.05, 0.1) is 38.4 Å². The molecule has 2 saturated heterocycles. The van der Waals surface area contributed by atoms with Gasteiger partial charge in [-0.25, -0.2) is 4.98 Å². The van der Waals surface area contributed by atoms with Crippen LogP contribution >= 0.6 is 0 Å².